The van der Waals surface area contributed by atoms with E-state index in [4.69, 9.17) is 11.6 Å². The summed E-state index contributed by atoms with van der Waals surface area (Å²) in [6, 6.07) is 9.13. The zero-order valence-corrected chi connectivity index (χ0v) is 11.6. The summed E-state index contributed by atoms with van der Waals surface area (Å²) in [4.78, 5) is 11.9. The summed E-state index contributed by atoms with van der Waals surface area (Å²) in [7, 11) is 0. The summed E-state index contributed by atoms with van der Waals surface area (Å²) in [6.45, 7) is 0. The SMILES string of the molecule is O=C(Nc1ccc(-n2cccn2)cc1)c1nnc(Cl)s1. The summed E-state index contributed by atoms with van der Waals surface area (Å²) in [5.41, 5.74) is 1.57. The second-order valence-electron chi connectivity index (χ2n) is 3.81. The van der Waals surface area contributed by atoms with E-state index in [1.54, 1.807) is 23.0 Å². The van der Waals surface area contributed by atoms with Gasteiger partial charge in [-0.2, -0.15) is 5.10 Å². The molecule has 0 aliphatic carbocycles. The lowest BCUT2D eigenvalue weighted by Gasteiger charge is -2.05. The molecular weight excluding hydrogens is 298 g/mol. The van der Waals surface area contributed by atoms with Gasteiger partial charge in [0, 0.05) is 18.1 Å². The average molecular weight is 306 g/mol. The summed E-state index contributed by atoms with van der Waals surface area (Å²) in [5.74, 6) is -0.332. The smallest absolute Gasteiger partial charge is 0.286 e. The van der Waals surface area contributed by atoms with Gasteiger partial charge in [-0.05, 0) is 41.9 Å². The first kappa shape index (κ1) is 12.8. The monoisotopic (exact) mass is 305 g/mol. The fourth-order valence-corrected chi connectivity index (χ4v) is 2.32. The van der Waals surface area contributed by atoms with Gasteiger partial charge in [0.25, 0.3) is 5.91 Å². The number of anilines is 1. The minimum absolute atomic E-state index is 0.228. The van der Waals surface area contributed by atoms with Gasteiger partial charge in [0.15, 0.2) is 0 Å². The van der Waals surface area contributed by atoms with E-state index in [1.807, 2.05) is 24.4 Å². The molecule has 0 fully saturated rings. The van der Waals surface area contributed by atoms with Gasteiger partial charge in [0.2, 0.25) is 9.47 Å². The Morgan fingerprint density at radius 1 is 1.25 bits per heavy atom. The van der Waals surface area contributed by atoms with Crippen LogP contribution in [0.1, 0.15) is 9.80 Å². The number of rotatable bonds is 3. The predicted molar refractivity (Wildman–Crippen MR) is 76.4 cm³/mol. The molecule has 6 nitrogen and oxygen atoms in total. The number of halogens is 1. The van der Waals surface area contributed by atoms with Crippen LogP contribution in [0.25, 0.3) is 5.69 Å². The van der Waals surface area contributed by atoms with Crippen LogP contribution in [0, 0.1) is 0 Å². The van der Waals surface area contributed by atoms with Gasteiger partial charge < -0.3 is 5.32 Å². The standard InChI is InChI=1S/C12H8ClN5OS/c13-12-17-16-11(20-12)10(19)15-8-2-4-9(5-3-8)18-7-1-6-14-18/h1-7H,(H,15,19). The van der Waals surface area contributed by atoms with E-state index in [-0.39, 0.29) is 15.4 Å². The van der Waals surface area contributed by atoms with Crippen molar-refractivity contribution >= 4 is 34.5 Å². The quantitative estimate of drug-likeness (QED) is 0.807. The predicted octanol–water partition coefficient (Wildman–Crippen LogP) is 2.63. The third kappa shape index (κ3) is 2.68. The van der Waals surface area contributed by atoms with Crippen LogP contribution >= 0.6 is 22.9 Å². The minimum atomic E-state index is -0.332. The summed E-state index contributed by atoms with van der Waals surface area (Å²) in [6.07, 6.45) is 3.55. The lowest BCUT2D eigenvalue weighted by Crippen LogP contribution is -2.11. The van der Waals surface area contributed by atoms with Crippen molar-refractivity contribution in [2.24, 2.45) is 0 Å². The van der Waals surface area contributed by atoms with Gasteiger partial charge >= 0.3 is 0 Å². The molecular formula is C12H8ClN5OS. The van der Waals surface area contributed by atoms with E-state index in [0.29, 0.717) is 5.69 Å². The van der Waals surface area contributed by atoms with Crippen LogP contribution in [0.5, 0.6) is 0 Å². The Labute approximate surface area is 123 Å². The molecule has 2 aromatic heterocycles. The number of hydrogen-bond donors (Lipinski definition) is 1. The van der Waals surface area contributed by atoms with Gasteiger partial charge in [-0.1, -0.05) is 11.3 Å². The number of nitrogens with zero attached hydrogens (tertiary/aromatic N) is 4. The highest BCUT2D eigenvalue weighted by atomic mass is 35.5. The fraction of sp³-hybridized carbons (Fsp3) is 0. The number of carbonyl (C=O) groups is 1. The molecule has 1 amide bonds. The number of amides is 1. The molecule has 0 bridgehead atoms. The molecule has 0 atom stereocenters. The van der Waals surface area contributed by atoms with E-state index >= 15 is 0 Å². The molecule has 0 aliphatic heterocycles. The van der Waals surface area contributed by atoms with Gasteiger partial charge in [-0.3, -0.25) is 4.79 Å². The fourth-order valence-electron chi connectivity index (χ4n) is 1.60. The highest BCUT2D eigenvalue weighted by molar-refractivity contribution is 7.17. The van der Waals surface area contributed by atoms with E-state index in [1.165, 1.54) is 0 Å². The molecule has 8 heteroatoms. The third-order valence-electron chi connectivity index (χ3n) is 2.49. The lowest BCUT2D eigenvalue weighted by molar-refractivity contribution is 0.102. The van der Waals surface area contributed by atoms with Crippen molar-refractivity contribution in [3.63, 3.8) is 0 Å². The van der Waals surface area contributed by atoms with E-state index in [2.05, 4.69) is 20.6 Å². The van der Waals surface area contributed by atoms with Crippen LogP contribution in [0.3, 0.4) is 0 Å². The van der Waals surface area contributed by atoms with Crippen molar-refractivity contribution in [3.8, 4) is 5.69 Å². The molecule has 0 radical (unpaired) electrons. The van der Waals surface area contributed by atoms with Gasteiger partial charge in [-0.25, -0.2) is 4.68 Å². The molecule has 0 spiro atoms. The highest BCUT2D eigenvalue weighted by Crippen LogP contribution is 2.17. The molecule has 1 aromatic carbocycles. The van der Waals surface area contributed by atoms with Crippen molar-refractivity contribution in [1.82, 2.24) is 20.0 Å². The molecule has 0 unspecified atom stereocenters. The number of benzene rings is 1. The Morgan fingerprint density at radius 2 is 2.05 bits per heavy atom. The van der Waals surface area contributed by atoms with Crippen molar-refractivity contribution in [3.05, 3.63) is 52.2 Å². The van der Waals surface area contributed by atoms with Crippen LogP contribution in [-0.4, -0.2) is 25.9 Å². The number of aromatic nitrogens is 4. The molecule has 0 saturated carbocycles. The average Bonchev–Trinajstić information content (AvgIpc) is 3.10. The normalized spacial score (nSPS) is 10.4. The minimum Gasteiger partial charge on any atom is -0.320 e. The largest absolute Gasteiger partial charge is 0.320 e. The second kappa shape index (κ2) is 5.40. The molecule has 3 aromatic rings. The molecule has 3 rings (SSSR count). The number of nitrogens with one attached hydrogen (secondary N) is 1. The number of carbonyl (C=O) groups excluding carboxylic acids is 1. The van der Waals surface area contributed by atoms with Crippen molar-refractivity contribution in [1.29, 1.82) is 0 Å². The van der Waals surface area contributed by atoms with Crippen LogP contribution < -0.4 is 5.32 Å². The second-order valence-corrected chi connectivity index (χ2v) is 5.37. The molecule has 2 heterocycles. The Morgan fingerprint density at radius 3 is 2.65 bits per heavy atom. The summed E-state index contributed by atoms with van der Waals surface area (Å²) >= 11 is 6.67. The Balaban J connectivity index is 1.74. The maximum atomic E-state index is 11.9. The van der Waals surface area contributed by atoms with Crippen molar-refractivity contribution in [2.75, 3.05) is 5.32 Å². The first-order valence-corrected chi connectivity index (χ1v) is 6.82. The lowest BCUT2D eigenvalue weighted by atomic mass is 10.3. The van der Waals surface area contributed by atoms with Crippen LogP contribution in [0.2, 0.25) is 4.47 Å². The molecule has 0 saturated heterocycles. The van der Waals surface area contributed by atoms with Crippen LogP contribution in [0.4, 0.5) is 5.69 Å². The first-order valence-electron chi connectivity index (χ1n) is 5.63. The maximum Gasteiger partial charge on any atom is 0.286 e. The van der Waals surface area contributed by atoms with Crippen molar-refractivity contribution < 1.29 is 4.79 Å². The zero-order valence-electron chi connectivity index (χ0n) is 10.0. The van der Waals surface area contributed by atoms with Gasteiger partial charge in [0.05, 0.1) is 5.69 Å². The van der Waals surface area contributed by atoms with Gasteiger partial charge in [0.1, 0.15) is 0 Å². The zero-order chi connectivity index (χ0) is 13.9. The van der Waals surface area contributed by atoms with Crippen LogP contribution in [0.15, 0.2) is 42.7 Å². The molecule has 100 valence electrons. The first-order chi connectivity index (χ1) is 9.72. The number of hydrogen-bond acceptors (Lipinski definition) is 5. The highest BCUT2D eigenvalue weighted by Gasteiger charge is 2.12. The maximum absolute atomic E-state index is 11.9. The molecule has 20 heavy (non-hydrogen) atoms. The van der Waals surface area contributed by atoms with E-state index < -0.39 is 0 Å². The summed E-state index contributed by atoms with van der Waals surface area (Å²) in [5, 5.41) is 14.3. The van der Waals surface area contributed by atoms with E-state index in [0.717, 1.165) is 17.0 Å². The van der Waals surface area contributed by atoms with E-state index in [9.17, 15) is 4.79 Å². The topological polar surface area (TPSA) is 72.7 Å². The molecule has 1 N–H and O–H groups in total. The van der Waals surface area contributed by atoms with Crippen molar-refractivity contribution in [2.45, 2.75) is 0 Å². The molecule has 0 aliphatic rings. The Kier molecular flexibility index (Phi) is 3.44. The third-order valence-corrected chi connectivity index (χ3v) is 3.51. The Hall–Kier alpha value is -2.25. The van der Waals surface area contributed by atoms with Gasteiger partial charge in [-0.15, -0.1) is 10.2 Å². The summed E-state index contributed by atoms with van der Waals surface area (Å²) < 4.78 is 1.97. The van der Waals surface area contributed by atoms with Crippen LogP contribution in [-0.2, 0) is 0 Å². The Bertz CT molecular complexity index is 723.